The Bertz CT molecular complexity index is 700. The maximum absolute atomic E-state index is 12.2. The number of amides is 3. The number of aliphatic imine (C=N–C) groups is 1. The minimum absolute atomic E-state index is 0.309. The van der Waals surface area contributed by atoms with Gasteiger partial charge in [-0.05, 0) is 35.3 Å². The number of nitrogens with zero attached hydrogens (tertiary/aromatic N) is 5. The van der Waals surface area contributed by atoms with Crippen molar-refractivity contribution in [2.75, 3.05) is 19.3 Å². The maximum Gasteiger partial charge on any atom is 0.325 e. The lowest BCUT2D eigenvalue weighted by Gasteiger charge is -2.35. The molecule has 0 radical (unpaired) electrons. The van der Waals surface area contributed by atoms with E-state index in [0.29, 0.717) is 11.3 Å². The SMILES string of the molecule is Cc1ccnc(SCCCN2C(Br)=NC3C2C(=O)NC(=O)N3C)n1. The standard InChI is InChI=1S/C14H17BrN6O2S/c1-8-4-5-16-13(17-8)24-7-3-6-21-9-10(18-12(21)15)20(2)14(23)19-11(9)22/h4-5,9-10H,3,6-7H2,1-2H3,(H,19,22,23). The van der Waals surface area contributed by atoms with Gasteiger partial charge in [-0.1, -0.05) is 11.8 Å². The maximum atomic E-state index is 12.2. The molecule has 2 aliphatic rings. The van der Waals surface area contributed by atoms with Gasteiger partial charge in [-0.15, -0.1) is 0 Å². The van der Waals surface area contributed by atoms with Crippen LogP contribution in [0.4, 0.5) is 4.79 Å². The number of hydrogen-bond acceptors (Lipinski definition) is 7. The minimum atomic E-state index is -0.484. The number of hydrogen-bond donors (Lipinski definition) is 1. The predicted molar refractivity (Wildman–Crippen MR) is 94.1 cm³/mol. The van der Waals surface area contributed by atoms with E-state index >= 15 is 0 Å². The largest absolute Gasteiger partial charge is 0.335 e. The molecule has 10 heteroatoms. The number of fused-ring (bicyclic) bond motifs is 1. The Kier molecular flexibility index (Phi) is 5.04. The number of imide groups is 1. The summed E-state index contributed by atoms with van der Waals surface area (Å²) in [6, 6.07) is 0.961. The van der Waals surface area contributed by atoms with Crippen molar-refractivity contribution in [3.8, 4) is 0 Å². The van der Waals surface area contributed by atoms with Gasteiger partial charge in [-0.2, -0.15) is 0 Å². The van der Waals surface area contributed by atoms with E-state index in [2.05, 4.69) is 36.2 Å². The van der Waals surface area contributed by atoms with Gasteiger partial charge in [0.2, 0.25) is 0 Å². The number of thioether (sulfide) groups is 1. The molecule has 1 aromatic heterocycles. The highest BCUT2D eigenvalue weighted by atomic mass is 79.9. The van der Waals surface area contributed by atoms with Crippen molar-refractivity contribution in [3.63, 3.8) is 0 Å². The zero-order valence-electron chi connectivity index (χ0n) is 13.3. The van der Waals surface area contributed by atoms with Gasteiger partial charge in [0.05, 0.1) is 0 Å². The number of halogens is 1. The van der Waals surface area contributed by atoms with Crippen LogP contribution in [0.25, 0.3) is 0 Å². The third-order valence-electron chi connectivity index (χ3n) is 3.86. The van der Waals surface area contributed by atoms with Crippen LogP contribution >= 0.6 is 27.7 Å². The average molecular weight is 413 g/mol. The van der Waals surface area contributed by atoms with E-state index in [9.17, 15) is 9.59 Å². The summed E-state index contributed by atoms with van der Waals surface area (Å²) < 4.78 is 0.603. The molecule has 3 heterocycles. The van der Waals surface area contributed by atoms with E-state index in [-0.39, 0.29) is 5.91 Å². The zero-order valence-corrected chi connectivity index (χ0v) is 15.7. The van der Waals surface area contributed by atoms with Crippen molar-refractivity contribution >= 4 is 44.4 Å². The molecule has 0 saturated carbocycles. The molecule has 0 aromatic carbocycles. The number of aromatic nitrogens is 2. The fraction of sp³-hybridized carbons (Fsp3) is 0.500. The number of nitrogens with one attached hydrogen (secondary N) is 1. The van der Waals surface area contributed by atoms with Gasteiger partial charge in [0.15, 0.2) is 22.1 Å². The lowest BCUT2D eigenvalue weighted by atomic mass is 10.1. The van der Waals surface area contributed by atoms with Crippen molar-refractivity contribution in [3.05, 3.63) is 18.0 Å². The smallest absolute Gasteiger partial charge is 0.325 e. The molecule has 128 valence electrons. The number of aryl methyl sites for hydroxylation is 1. The van der Waals surface area contributed by atoms with Crippen LogP contribution in [0.3, 0.4) is 0 Å². The molecule has 3 rings (SSSR count). The first kappa shape index (κ1) is 17.2. The molecule has 2 unspecified atom stereocenters. The van der Waals surface area contributed by atoms with E-state index < -0.39 is 18.2 Å². The molecule has 24 heavy (non-hydrogen) atoms. The Morgan fingerprint density at radius 2 is 2.21 bits per heavy atom. The molecule has 2 aliphatic heterocycles. The van der Waals surface area contributed by atoms with E-state index in [1.54, 1.807) is 25.0 Å². The van der Waals surface area contributed by atoms with Crippen molar-refractivity contribution in [1.29, 1.82) is 0 Å². The van der Waals surface area contributed by atoms with Crippen LogP contribution in [-0.2, 0) is 4.79 Å². The predicted octanol–water partition coefficient (Wildman–Crippen LogP) is 1.21. The number of carbonyl (C=O) groups excluding carboxylic acids is 2. The highest BCUT2D eigenvalue weighted by Crippen LogP contribution is 2.26. The second kappa shape index (κ2) is 7.06. The highest BCUT2D eigenvalue weighted by Gasteiger charge is 2.47. The second-order valence-electron chi connectivity index (χ2n) is 5.54. The van der Waals surface area contributed by atoms with Gasteiger partial charge in [-0.25, -0.2) is 19.8 Å². The normalized spacial score (nSPS) is 23.2. The lowest BCUT2D eigenvalue weighted by Crippen LogP contribution is -2.63. The number of amidine groups is 1. The summed E-state index contributed by atoms with van der Waals surface area (Å²) in [4.78, 5) is 40.1. The molecule has 3 amide bonds. The van der Waals surface area contributed by atoms with E-state index in [0.717, 1.165) is 23.0 Å². The van der Waals surface area contributed by atoms with Crippen molar-refractivity contribution < 1.29 is 9.59 Å². The molecule has 1 saturated heterocycles. The Morgan fingerprint density at radius 1 is 1.42 bits per heavy atom. The van der Waals surface area contributed by atoms with E-state index in [1.165, 1.54) is 4.90 Å². The Hall–Kier alpha value is -1.68. The monoisotopic (exact) mass is 412 g/mol. The third-order valence-corrected chi connectivity index (χ3v) is 5.47. The van der Waals surface area contributed by atoms with Gasteiger partial charge in [0, 0.05) is 31.2 Å². The van der Waals surface area contributed by atoms with Crippen LogP contribution in [0.5, 0.6) is 0 Å². The number of likely N-dealkylation sites (N-methyl/N-ethyl adjacent to an activating group) is 1. The molecule has 1 fully saturated rings. The minimum Gasteiger partial charge on any atom is -0.335 e. The second-order valence-corrected chi connectivity index (χ2v) is 7.31. The summed E-state index contributed by atoms with van der Waals surface area (Å²) in [5.41, 5.74) is 0.941. The van der Waals surface area contributed by atoms with Crippen molar-refractivity contribution in [1.82, 2.24) is 25.1 Å². The summed E-state index contributed by atoms with van der Waals surface area (Å²) in [5.74, 6) is 0.518. The molecule has 0 aliphatic carbocycles. The number of urea groups is 1. The summed E-state index contributed by atoms with van der Waals surface area (Å²) >= 11 is 4.98. The van der Waals surface area contributed by atoms with Crippen LogP contribution in [0.2, 0.25) is 0 Å². The van der Waals surface area contributed by atoms with Crippen LogP contribution < -0.4 is 5.32 Å². The quantitative estimate of drug-likeness (QED) is 0.338. The Balaban J connectivity index is 1.56. The van der Waals surface area contributed by atoms with Gasteiger partial charge in [-0.3, -0.25) is 10.1 Å². The van der Waals surface area contributed by atoms with Crippen LogP contribution in [0, 0.1) is 6.92 Å². The van der Waals surface area contributed by atoms with Crippen LogP contribution in [0.1, 0.15) is 12.1 Å². The van der Waals surface area contributed by atoms with Gasteiger partial charge in [0.25, 0.3) is 5.91 Å². The lowest BCUT2D eigenvalue weighted by molar-refractivity contribution is -0.127. The average Bonchev–Trinajstić information content (AvgIpc) is 2.87. The third kappa shape index (κ3) is 3.39. The number of rotatable bonds is 5. The molecule has 2 atom stereocenters. The summed E-state index contributed by atoms with van der Waals surface area (Å²) in [6.07, 6.45) is 2.10. The Morgan fingerprint density at radius 3 is 2.96 bits per heavy atom. The van der Waals surface area contributed by atoms with Crippen LogP contribution in [-0.4, -0.2) is 68.0 Å². The van der Waals surface area contributed by atoms with E-state index in [4.69, 9.17) is 0 Å². The first-order chi connectivity index (χ1) is 11.5. The number of carbonyl (C=O) groups is 2. The molecule has 1 aromatic rings. The topological polar surface area (TPSA) is 90.8 Å². The first-order valence-corrected chi connectivity index (χ1v) is 9.25. The molecule has 0 bridgehead atoms. The molecule has 8 nitrogen and oxygen atoms in total. The van der Waals surface area contributed by atoms with Crippen LogP contribution in [0.15, 0.2) is 22.4 Å². The Labute approximate surface area is 152 Å². The zero-order chi connectivity index (χ0) is 17.3. The van der Waals surface area contributed by atoms with Gasteiger partial charge >= 0.3 is 6.03 Å². The molecular weight excluding hydrogens is 396 g/mol. The molecule has 0 spiro atoms. The fourth-order valence-electron chi connectivity index (χ4n) is 2.62. The summed E-state index contributed by atoms with van der Waals surface area (Å²) in [7, 11) is 1.64. The molecular formula is C14H17BrN6O2S. The summed E-state index contributed by atoms with van der Waals surface area (Å²) in [6.45, 7) is 2.59. The first-order valence-electron chi connectivity index (χ1n) is 7.47. The van der Waals surface area contributed by atoms with E-state index in [1.807, 2.05) is 17.9 Å². The van der Waals surface area contributed by atoms with Gasteiger partial charge < -0.3 is 9.80 Å². The summed E-state index contributed by atoms with van der Waals surface area (Å²) in [5, 5.41) is 3.11. The van der Waals surface area contributed by atoms with Crippen molar-refractivity contribution in [2.45, 2.75) is 30.7 Å². The fourth-order valence-corrected chi connectivity index (χ4v) is 4.03. The highest BCUT2D eigenvalue weighted by molar-refractivity contribution is 9.18. The van der Waals surface area contributed by atoms with Crippen molar-refractivity contribution in [2.24, 2.45) is 4.99 Å². The van der Waals surface area contributed by atoms with Gasteiger partial charge in [0.1, 0.15) is 0 Å². The molecule has 1 N–H and O–H groups in total.